The highest BCUT2D eigenvalue weighted by Gasteiger charge is 2.56. The number of carboxylic acid groups (broad SMARTS) is 1. The first kappa shape index (κ1) is 16.7. The summed E-state index contributed by atoms with van der Waals surface area (Å²) in [6, 6.07) is -0.161. The molecular weight excluding hydrogens is 310 g/mol. The van der Waals surface area contributed by atoms with E-state index in [1.807, 2.05) is 17.9 Å². The fraction of sp³-hybridized carbons (Fsp3) is 0.588. The molecule has 0 unspecified atom stereocenters. The standard InChI is InChI=1S/C17H23N3O4/c1-9(6-11-4-3-5-19(11)8-18)12-7-13-14(10(2)21)16(22)20(13)15(12)17(23)24/h6,8,10-11,13-14,18,21H,3-5,7H2,1-2H3,(H,23,24)/t10-,11+,13+,14-/m1/s1. The summed E-state index contributed by atoms with van der Waals surface area (Å²) in [4.78, 5) is 27.2. The lowest BCUT2D eigenvalue weighted by Crippen LogP contribution is -2.61. The third-order valence-electron chi connectivity index (χ3n) is 5.36. The summed E-state index contributed by atoms with van der Waals surface area (Å²) >= 11 is 0. The molecule has 0 spiro atoms. The second-order valence-electron chi connectivity index (χ2n) is 6.80. The number of carbonyl (C=O) groups is 2. The first-order valence-corrected chi connectivity index (χ1v) is 8.29. The van der Waals surface area contributed by atoms with Crippen LogP contribution in [0.5, 0.6) is 0 Å². The number of carboxylic acids is 1. The van der Waals surface area contributed by atoms with E-state index in [-0.39, 0.29) is 23.7 Å². The highest BCUT2D eigenvalue weighted by atomic mass is 16.4. The van der Waals surface area contributed by atoms with Crippen molar-refractivity contribution in [2.75, 3.05) is 6.54 Å². The van der Waals surface area contributed by atoms with Crippen molar-refractivity contribution in [2.24, 2.45) is 5.92 Å². The van der Waals surface area contributed by atoms with Crippen molar-refractivity contribution in [3.63, 3.8) is 0 Å². The molecule has 0 aromatic carbocycles. The Kier molecular flexibility index (Phi) is 4.21. The number of amides is 1. The second-order valence-corrected chi connectivity index (χ2v) is 6.80. The number of rotatable bonds is 5. The van der Waals surface area contributed by atoms with Crippen LogP contribution in [0.2, 0.25) is 0 Å². The van der Waals surface area contributed by atoms with Crippen molar-refractivity contribution in [3.8, 4) is 0 Å². The largest absolute Gasteiger partial charge is 0.477 e. The average Bonchev–Trinajstić information content (AvgIpc) is 3.08. The molecule has 1 amide bonds. The number of hydrogen-bond donors (Lipinski definition) is 3. The fourth-order valence-corrected chi connectivity index (χ4v) is 4.16. The Labute approximate surface area is 140 Å². The van der Waals surface area contributed by atoms with E-state index in [0.29, 0.717) is 12.0 Å². The monoisotopic (exact) mass is 333 g/mol. The molecule has 3 aliphatic rings. The number of carbonyl (C=O) groups excluding carboxylic acids is 1. The van der Waals surface area contributed by atoms with Crippen LogP contribution in [0, 0.1) is 11.3 Å². The van der Waals surface area contributed by atoms with Gasteiger partial charge in [0, 0.05) is 12.6 Å². The normalized spacial score (nSPS) is 31.2. The molecule has 2 fully saturated rings. The van der Waals surface area contributed by atoms with Crippen LogP contribution in [0.3, 0.4) is 0 Å². The van der Waals surface area contributed by atoms with E-state index < -0.39 is 18.0 Å². The van der Waals surface area contributed by atoms with Gasteiger partial charge in [-0.25, -0.2) is 4.79 Å². The minimum Gasteiger partial charge on any atom is -0.477 e. The highest BCUT2D eigenvalue weighted by Crippen LogP contribution is 2.45. The van der Waals surface area contributed by atoms with Crippen LogP contribution in [-0.4, -0.2) is 63.0 Å². The maximum absolute atomic E-state index is 12.2. The number of aliphatic hydroxyl groups is 1. The Morgan fingerprint density at radius 3 is 2.75 bits per heavy atom. The maximum atomic E-state index is 12.2. The van der Waals surface area contributed by atoms with Crippen LogP contribution in [0.1, 0.15) is 33.1 Å². The van der Waals surface area contributed by atoms with Gasteiger partial charge in [0.1, 0.15) is 5.70 Å². The van der Waals surface area contributed by atoms with Gasteiger partial charge in [-0.3, -0.25) is 10.2 Å². The summed E-state index contributed by atoms with van der Waals surface area (Å²) in [6.45, 7) is 4.27. The van der Waals surface area contributed by atoms with E-state index in [9.17, 15) is 19.8 Å². The van der Waals surface area contributed by atoms with Gasteiger partial charge in [-0.15, -0.1) is 0 Å². The molecule has 130 valence electrons. The lowest BCUT2D eigenvalue weighted by molar-refractivity contribution is -0.161. The number of aliphatic hydroxyl groups excluding tert-OH is 1. The Bertz CT molecular complexity index is 652. The van der Waals surface area contributed by atoms with E-state index in [1.54, 1.807) is 6.92 Å². The number of likely N-dealkylation sites (tertiary alicyclic amines) is 1. The number of allylic oxidation sites excluding steroid dienone is 1. The first-order chi connectivity index (χ1) is 11.4. The molecule has 4 atom stereocenters. The first-order valence-electron chi connectivity index (χ1n) is 8.29. The van der Waals surface area contributed by atoms with E-state index in [1.165, 1.54) is 11.2 Å². The lowest BCUT2D eigenvalue weighted by atomic mass is 9.82. The van der Waals surface area contributed by atoms with Crippen LogP contribution < -0.4 is 0 Å². The molecule has 3 heterocycles. The molecule has 0 bridgehead atoms. The van der Waals surface area contributed by atoms with Crippen LogP contribution in [0.4, 0.5) is 0 Å². The van der Waals surface area contributed by atoms with Gasteiger partial charge in [0.05, 0.1) is 24.4 Å². The van der Waals surface area contributed by atoms with Crippen molar-refractivity contribution < 1.29 is 19.8 Å². The summed E-state index contributed by atoms with van der Waals surface area (Å²) in [7, 11) is 0. The van der Waals surface area contributed by atoms with Gasteiger partial charge in [0.25, 0.3) is 0 Å². The Balaban J connectivity index is 1.90. The number of nitrogens with one attached hydrogen (secondary N) is 1. The van der Waals surface area contributed by atoms with E-state index in [4.69, 9.17) is 5.41 Å². The van der Waals surface area contributed by atoms with Gasteiger partial charge in [0.2, 0.25) is 5.91 Å². The zero-order chi connectivity index (χ0) is 17.6. The van der Waals surface area contributed by atoms with Gasteiger partial charge < -0.3 is 20.0 Å². The highest BCUT2D eigenvalue weighted by molar-refractivity contribution is 6.00. The van der Waals surface area contributed by atoms with Crippen molar-refractivity contribution >= 4 is 18.2 Å². The Morgan fingerprint density at radius 2 is 2.17 bits per heavy atom. The molecule has 0 radical (unpaired) electrons. The van der Waals surface area contributed by atoms with Crippen LogP contribution >= 0.6 is 0 Å². The Hall–Kier alpha value is -2.15. The van der Waals surface area contributed by atoms with Crippen LogP contribution in [0.15, 0.2) is 22.9 Å². The SMILES string of the molecule is CC(=C[C@@H]1CCCN1C=N)C1=C(C(=O)O)N2C(=O)[C@H]([C@@H](C)O)[C@@H]2C1. The molecule has 3 N–H and O–H groups in total. The Morgan fingerprint density at radius 1 is 1.46 bits per heavy atom. The molecule has 0 aromatic rings. The van der Waals surface area contributed by atoms with Gasteiger partial charge in [0.15, 0.2) is 0 Å². The number of aliphatic carboxylic acids is 1. The zero-order valence-corrected chi connectivity index (χ0v) is 13.9. The fourth-order valence-electron chi connectivity index (χ4n) is 4.16. The van der Waals surface area contributed by atoms with Gasteiger partial charge in [-0.1, -0.05) is 6.08 Å². The molecular formula is C17H23N3O4. The second kappa shape index (κ2) is 6.05. The predicted molar refractivity (Wildman–Crippen MR) is 87.4 cm³/mol. The number of fused-ring (bicyclic) bond motifs is 1. The molecule has 7 nitrogen and oxygen atoms in total. The average molecular weight is 333 g/mol. The molecule has 0 aromatic heterocycles. The zero-order valence-electron chi connectivity index (χ0n) is 13.9. The quantitative estimate of drug-likeness (QED) is 0.395. The van der Waals surface area contributed by atoms with Crippen molar-refractivity contribution in [1.82, 2.24) is 9.80 Å². The number of hydrogen-bond acceptors (Lipinski definition) is 4. The maximum Gasteiger partial charge on any atom is 0.352 e. The van der Waals surface area contributed by atoms with Crippen molar-refractivity contribution in [2.45, 2.75) is 51.3 Å². The third-order valence-corrected chi connectivity index (χ3v) is 5.36. The van der Waals surface area contributed by atoms with Crippen LogP contribution in [-0.2, 0) is 9.59 Å². The number of β-lactam (4-membered cyclic amide) rings is 1. The molecule has 3 aliphatic heterocycles. The molecule has 24 heavy (non-hydrogen) atoms. The van der Waals surface area contributed by atoms with Gasteiger partial charge in [-0.2, -0.15) is 0 Å². The summed E-state index contributed by atoms with van der Waals surface area (Å²) < 4.78 is 0. The summed E-state index contributed by atoms with van der Waals surface area (Å²) in [5.74, 6) is -1.93. The van der Waals surface area contributed by atoms with E-state index in [2.05, 4.69) is 0 Å². The van der Waals surface area contributed by atoms with E-state index >= 15 is 0 Å². The molecule has 7 heteroatoms. The van der Waals surface area contributed by atoms with Gasteiger partial charge in [-0.05, 0) is 44.3 Å². The summed E-state index contributed by atoms with van der Waals surface area (Å²) in [5, 5.41) is 26.8. The topological polar surface area (TPSA) is 105 Å². The molecule has 3 rings (SSSR count). The third kappa shape index (κ3) is 2.43. The minimum absolute atomic E-state index is 0.0510. The van der Waals surface area contributed by atoms with E-state index in [0.717, 1.165) is 25.0 Å². The van der Waals surface area contributed by atoms with Gasteiger partial charge >= 0.3 is 5.97 Å². The lowest BCUT2D eigenvalue weighted by Gasteiger charge is -2.44. The summed E-state index contributed by atoms with van der Waals surface area (Å²) in [6.07, 6.45) is 4.95. The molecule has 0 aliphatic carbocycles. The van der Waals surface area contributed by atoms with Crippen molar-refractivity contribution in [1.29, 1.82) is 5.41 Å². The molecule has 0 saturated carbocycles. The predicted octanol–water partition coefficient (Wildman–Crippen LogP) is 0.954. The molecule has 2 saturated heterocycles. The van der Waals surface area contributed by atoms with Crippen molar-refractivity contribution in [3.05, 3.63) is 22.9 Å². The van der Waals surface area contributed by atoms with Crippen LogP contribution in [0.25, 0.3) is 0 Å². The summed E-state index contributed by atoms with van der Waals surface area (Å²) in [5.41, 5.74) is 1.56. The number of nitrogens with zero attached hydrogens (tertiary/aromatic N) is 2. The smallest absolute Gasteiger partial charge is 0.352 e. The minimum atomic E-state index is -1.10.